The molecule has 756 valence electrons. The highest BCUT2D eigenvalue weighted by Crippen LogP contribution is 2.22. The zero-order valence-corrected chi connectivity index (χ0v) is 78.0. The number of amides is 16. The Labute approximate surface area is 792 Å². The van der Waals surface area contributed by atoms with Gasteiger partial charge in [0.2, 0.25) is 94.5 Å². The van der Waals surface area contributed by atoms with Crippen molar-refractivity contribution in [3.63, 3.8) is 0 Å². The summed E-state index contributed by atoms with van der Waals surface area (Å²) in [6.45, 7) is 6.26. The molecule has 0 aliphatic rings. The topological polar surface area (TPSA) is 911 Å². The van der Waals surface area contributed by atoms with Crippen molar-refractivity contribution >= 4 is 148 Å². The van der Waals surface area contributed by atoms with Crippen molar-refractivity contribution in [2.45, 2.75) is 235 Å². The van der Waals surface area contributed by atoms with Crippen molar-refractivity contribution in [3.05, 3.63) is 65.9 Å². The van der Waals surface area contributed by atoms with Gasteiger partial charge in [0, 0.05) is 68.4 Å². The number of guanidine groups is 5. The van der Waals surface area contributed by atoms with Gasteiger partial charge in [0.1, 0.15) is 84.3 Å². The second-order valence-electron chi connectivity index (χ2n) is 32.9. The van der Waals surface area contributed by atoms with Crippen LogP contribution in [0.2, 0.25) is 0 Å². The molecule has 45 N–H and O–H groups in total. The average Bonchev–Trinajstić information content (AvgIpc) is 1.66. The molecule has 0 spiro atoms. The molecule has 15 atom stereocenters. The number of fused-ring (bicyclic) bond motifs is 1. The number of carbonyl (C=O) groups excluding carboxylic acids is 16. The number of nitrogens with two attached hydrogens (primary N) is 9. The Balaban J connectivity index is 2.18. The van der Waals surface area contributed by atoms with Crippen LogP contribution >= 0.6 is 12.6 Å². The number of H-pyrrole nitrogens is 1. The SMILES string of the molecule is CC[C@H](C)[C@H](NC(=O)[C@H](CCCNC(=N)N)NC(=O)[C@H](CCCNC(=N)N)NC(=O)[C@H](Cc1ccc(O)cc1)NC(=O)[C@H](CCCNC(=N)N)NC(=O)[C@H](Cc1c[nH]c2ccccc12)NC(=O)[C@H](CCCCN)NC(=O)[C@H](CC(C)C)NC(=O)[C@H](CCCNC(=N)N)NC(=O)CNC(=O)[C@H](CO)NC(=O)[C@H](C)NC(=O)[C@@H](N)CS)C(=O)N[C@@H](CC(N)=O)C(=O)N[C@@H](CCCNC(=N)N)C(N)=O. The van der Waals surface area contributed by atoms with Crippen molar-refractivity contribution in [1.29, 1.82) is 27.0 Å². The lowest BCUT2D eigenvalue weighted by molar-refractivity contribution is -0.137. The number of aromatic nitrogens is 1. The third-order valence-electron chi connectivity index (χ3n) is 21.2. The van der Waals surface area contributed by atoms with Gasteiger partial charge in [-0.3, -0.25) is 104 Å². The Morgan fingerprint density at radius 3 is 1.22 bits per heavy atom. The highest BCUT2D eigenvalue weighted by atomic mass is 32.1. The quantitative estimate of drug-likeness (QED) is 0.0108. The largest absolute Gasteiger partial charge is 0.508 e. The average molecular weight is 1930 g/mol. The minimum absolute atomic E-state index is 0.00333. The smallest absolute Gasteiger partial charge is 0.245 e. The number of unbranched alkanes of at least 4 members (excludes halogenated alkanes) is 1. The molecule has 0 radical (unpaired) electrons. The molecule has 16 amide bonds. The summed E-state index contributed by atoms with van der Waals surface area (Å²) in [6.07, 6.45) is -0.336. The van der Waals surface area contributed by atoms with Crippen molar-refractivity contribution < 1.29 is 86.9 Å². The molecular weight excluding hydrogens is 1790 g/mol. The molecule has 3 rings (SSSR count). The van der Waals surface area contributed by atoms with E-state index in [1.54, 1.807) is 58.2 Å². The van der Waals surface area contributed by atoms with E-state index in [1.165, 1.54) is 31.2 Å². The summed E-state index contributed by atoms with van der Waals surface area (Å²) in [5.74, 6) is -19.3. The van der Waals surface area contributed by atoms with E-state index in [9.17, 15) is 63.0 Å². The molecule has 0 aliphatic heterocycles. The normalized spacial score (nSPS) is 14.3. The van der Waals surface area contributed by atoms with Crippen molar-refractivity contribution in [2.24, 2.45) is 63.4 Å². The van der Waals surface area contributed by atoms with E-state index in [4.69, 9.17) is 78.6 Å². The van der Waals surface area contributed by atoms with E-state index >= 15 is 24.0 Å². The predicted octanol–water partition coefficient (Wildman–Crippen LogP) is -9.76. The number of thiol groups is 1. The van der Waals surface area contributed by atoms with Gasteiger partial charge in [0.15, 0.2) is 29.8 Å². The Kier molecular flexibility index (Phi) is 52.6. The first kappa shape index (κ1) is 116. The van der Waals surface area contributed by atoms with Crippen LogP contribution in [-0.2, 0) is 89.6 Å². The van der Waals surface area contributed by atoms with Crippen LogP contribution in [-0.4, -0.2) is 282 Å². The Hall–Kier alpha value is -14.1. The van der Waals surface area contributed by atoms with Crippen LogP contribution in [0.25, 0.3) is 10.9 Å². The maximum Gasteiger partial charge on any atom is 0.245 e. The summed E-state index contributed by atoms with van der Waals surface area (Å²) >= 11 is 3.96. The third kappa shape index (κ3) is 44.6. The van der Waals surface area contributed by atoms with Crippen LogP contribution < -0.4 is 153 Å². The van der Waals surface area contributed by atoms with E-state index in [0.29, 0.717) is 28.5 Å². The number of aromatic hydroxyl groups is 1. The van der Waals surface area contributed by atoms with Crippen LogP contribution in [0.5, 0.6) is 5.75 Å². The number of aliphatic hydroxyl groups is 1. The molecule has 2 aromatic carbocycles. The first-order chi connectivity index (χ1) is 64.3. The van der Waals surface area contributed by atoms with Crippen LogP contribution in [0.1, 0.15) is 148 Å². The molecule has 0 unspecified atom stereocenters. The number of benzene rings is 2. The zero-order valence-electron chi connectivity index (χ0n) is 77.1. The first-order valence-corrected chi connectivity index (χ1v) is 45.1. The molecule has 136 heavy (non-hydrogen) atoms. The molecule has 53 heteroatoms. The lowest BCUT2D eigenvalue weighted by Crippen LogP contribution is -2.61. The van der Waals surface area contributed by atoms with Gasteiger partial charge in [0.05, 0.1) is 25.6 Å². The van der Waals surface area contributed by atoms with Gasteiger partial charge < -0.3 is 168 Å². The monoisotopic (exact) mass is 1930 g/mol. The standard InChI is InChI=1S/C83H140N34O18S/c1-6-43(4)64(78(135)115-60(37-62(86)120)77(134)107-51(65(87)122)19-11-29-98-79(88)89)117-73(130)56(23-15-33-102-83(96)97)108-70(127)54(21-13-31-100-81(92)93)110-75(132)58(35-45-24-26-47(119)27-25-45)113-72(129)55(22-14-32-101-82(94)95)111-76(133)59(36-46-38-103-50-17-8-7-16-48(46)50)114-71(128)53(18-9-10-28-84)109-74(131)57(34-42(2)3)112-69(126)52(20-12-30-99-80(90)91)106-63(121)39-104-68(125)61(40-118)116-66(123)44(5)105-67(124)49(85)41-136/h7-8,16-17,24-27,38,42-44,49,51-61,64,103,118-119,136H,6,9-15,18-23,28-37,39-41,84-85H2,1-5H3,(H2,86,120)(H2,87,122)(H,104,125)(H,105,124)(H,106,121)(H,107,134)(H,108,127)(H,109,131)(H,110,132)(H,111,133)(H,112,126)(H,113,129)(H,114,128)(H,115,135)(H,116,123)(H,117,130)(H4,88,89,98)(H4,90,91,99)(H4,92,93,100)(H4,94,95,101)(H4,96,97,102)/t43-,44-,49-,51-,52-,53-,54-,55-,56-,57-,58-,59-,60-,61-,64-/m0/s1. The number of hydrogen-bond donors (Lipinski definition) is 37. The molecule has 0 fully saturated rings. The van der Waals surface area contributed by atoms with Crippen molar-refractivity contribution in [2.75, 3.05) is 58.2 Å². The molecule has 1 heterocycles. The molecule has 52 nitrogen and oxygen atoms in total. The Morgan fingerprint density at radius 2 is 0.794 bits per heavy atom. The highest BCUT2D eigenvalue weighted by Gasteiger charge is 2.39. The highest BCUT2D eigenvalue weighted by molar-refractivity contribution is 7.80. The van der Waals surface area contributed by atoms with Crippen molar-refractivity contribution in [1.82, 2.24) is 106 Å². The number of primary amides is 2. The van der Waals surface area contributed by atoms with Gasteiger partial charge in [-0.15, -0.1) is 0 Å². The Bertz CT molecular complexity index is 4550. The van der Waals surface area contributed by atoms with E-state index in [2.05, 4.69) is 119 Å². The second kappa shape index (κ2) is 61.6. The summed E-state index contributed by atoms with van der Waals surface area (Å²) < 4.78 is 0. The fourth-order valence-electron chi connectivity index (χ4n) is 13.6. The maximum atomic E-state index is 15.5. The summed E-state index contributed by atoms with van der Waals surface area (Å²) in [5.41, 5.74) is 51.9. The number of rotatable bonds is 65. The number of nitrogens with one attached hydrogen (secondary N) is 25. The lowest BCUT2D eigenvalue weighted by atomic mass is 9.96. The van der Waals surface area contributed by atoms with E-state index in [1.807, 2.05) is 0 Å². The van der Waals surface area contributed by atoms with Gasteiger partial charge in [-0.05, 0) is 145 Å². The number of aromatic amines is 1. The molecule has 1 aromatic heterocycles. The minimum atomic E-state index is -1.75. The maximum absolute atomic E-state index is 15.5. The molecule has 0 aliphatic carbocycles. The van der Waals surface area contributed by atoms with E-state index in [0.717, 1.165) is 0 Å². The van der Waals surface area contributed by atoms with Gasteiger partial charge in [-0.1, -0.05) is 64.4 Å². The number of carbonyl (C=O) groups is 16. The van der Waals surface area contributed by atoms with E-state index in [-0.39, 0.29) is 159 Å². The number of aliphatic hydroxyl groups excluding tert-OH is 1. The summed E-state index contributed by atoms with van der Waals surface area (Å²) in [7, 11) is 0. The summed E-state index contributed by atoms with van der Waals surface area (Å²) in [4.78, 5) is 229. The molecular formula is C83H140N34O18S. The zero-order chi connectivity index (χ0) is 102. The van der Waals surface area contributed by atoms with E-state index < -0.39 is 235 Å². The third-order valence-corrected chi connectivity index (χ3v) is 21.5. The number of phenolic OH excluding ortho intramolecular Hbond substituents is 1. The number of para-hydroxylation sites is 1. The fourth-order valence-corrected chi connectivity index (χ4v) is 13.7. The van der Waals surface area contributed by atoms with Gasteiger partial charge in [-0.2, -0.15) is 12.6 Å². The van der Waals surface area contributed by atoms with Crippen LogP contribution in [0.15, 0.2) is 54.7 Å². The van der Waals surface area contributed by atoms with Crippen LogP contribution in [0, 0.1) is 38.9 Å². The van der Waals surface area contributed by atoms with Crippen LogP contribution in [0.3, 0.4) is 0 Å². The first-order valence-electron chi connectivity index (χ1n) is 44.5. The fraction of sp³-hybridized carbons (Fsp3) is 0.578. The predicted molar refractivity (Wildman–Crippen MR) is 507 cm³/mol. The lowest BCUT2D eigenvalue weighted by Gasteiger charge is -2.30. The minimum Gasteiger partial charge on any atom is -0.508 e. The number of phenols is 1. The Morgan fingerprint density at radius 1 is 0.412 bits per heavy atom. The molecule has 0 saturated heterocycles. The van der Waals surface area contributed by atoms with Crippen LogP contribution in [0.4, 0.5) is 0 Å². The molecule has 0 bridgehead atoms. The molecule has 0 saturated carbocycles. The number of hydrogen-bond acceptors (Lipinski definition) is 26. The molecule has 3 aromatic rings. The van der Waals surface area contributed by atoms with Gasteiger partial charge in [0.25, 0.3) is 0 Å². The van der Waals surface area contributed by atoms with Gasteiger partial charge in [-0.25, -0.2) is 0 Å². The summed E-state index contributed by atoms with van der Waals surface area (Å²) in [6, 6.07) is -8.93. The second-order valence-corrected chi connectivity index (χ2v) is 33.2. The van der Waals surface area contributed by atoms with Crippen molar-refractivity contribution in [3.8, 4) is 5.75 Å². The van der Waals surface area contributed by atoms with Gasteiger partial charge >= 0.3 is 0 Å². The summed E-state index contributed by atoms with van der Waals surface area (Å²) in [5, 5.41) is 108.